The molecule has 0 radical (unpaired) electrons. The third-order valence-electron chi connectivity index (χ3n) is 2.84. The van der Waals surface area contributed by atoms with E-state index in [1.165, 1.54) is 0 Å². The number of nitrogens with one attached hydrogen (secondary N) is 1. The summed E-state index contributed by atoms with van der Waals surface area (Å²) in [6, 6.07) is 6.63. The lowest BCUT2D eigenvalue weighted by atomic mass is 10.0. The highest BCUT2D eigenvalue weighted by molar-refractivity contribution is 5.97. The monoisotopic (exact) mass is 277 g/mol. The summed E-state index contributed by atoms with van der Waals surface area (Å²) in [5.74, 6) is -0.681. The Morgan fingerprint density at radius 3 is 2.30 bits per heavy atom. The van der Waals surface area contributed by atoms with E-state index in [9.17, 15) is 9.59 Å². The zero-order valence-electron chi connectivity index (χ0n) is 12.8. The van der Waals surface area contributed by atoms with Gasteiger partial charge in [-0.15, -0.1) is 0 Å². The number of ether oxygens (including phenoxy) is 1. The normalized spacial score (nSPS) is 12.3. The van der Waals surface area contributed by atoms with Gasteiger partial charge in [0.25, 0.3) is 5.91 Å². The molecule has 0 aliphatic carbocycles. The Morgan fingerprint density at radius 2 is 1.80 bits per heavy atom. The fourth-order valence-electron chi connectivity index (χ4n) is 1.81. The molecule has 20 heavy (non-hydrogen) atoms. The lowest BCUT2D eigenvalue weighted by Gasteiger charge is -2.22. The van der Waals surface area contributed by atoms with Crippen LogP contribution in [0.3, 0.4) is 0 Å². The van der Waals surface area contributed by atoms with Crippen LogP contribution in [0, 0.1) is 12.8 Å². The van der Waals surface area contributed by atoms with Crippen LogP contribution >= 0.6 is 0 Å². The van der Waals surface area contributed by atoms with Crippen molar-refractivity contribution >= 4 is 11.9 Å². The minimum absolute atomic E-state index is 0.0324. The summed E-state index contributed by atoms with van der Waals surface area (Å²) < 4.78 is 5.18. The van der Waals surface area contributed by atoms with Gasteiger partial charge in [0.05, 0.1) is 6.10 Å². The van der Waals surface area contributed by atoms with E-state index in [2.05, 4.69) is 5.32 Å². The van der Waals surface area contributed by atoms with Crippen molar-refractivity contribution in [2.75, 3.05) is 0 Å². The summed E-state index contributed by atoms with van der Waals surface area (Å²) in [4.78, 5) is 24.2. The van der Waals surface area contributed by atoms with E-state index >= 15 is 0 Å². The zero-order chi connectivity index (χ0) is 15.3. The molecule has 1 rings (SSSR count). The number of hydrogen-bond donors (Lipinski definition) is 1. The SMILES string of the molecule is Cc1cccc(C(=O)N[C@H](C(=O)OC(C)C)C(C)C)c1. The van der Waals surface area contributed by atoms with Crippen LogP contribution in [-0.2, 0) is 9.53 Å². The molecule has 4 nitrogen and oxygen atoms in total. The Morgan fingerprint density at radius 1 is 1.15 bits per heavy atom. The average molecular weight is 277 g/mol. The number of hydrogen-bond acceptors (Lipinski definition) is 3. The minimum Gasteiger partial charge on any atom is -0.461 e. The molecule has 4 heteroatoms. The predicted molar refractivity (Wildman–Crippen MR) is 78.5 cm³/mol. The summed E-state index contributed by atoms with van der Waals surface area (Å²) >= 11 is 0. The van der Waals surface area contributed by atoms with Crippen LogP contribution in [0.15, 0.2) is 24.3 Å². The summed E-state index contributed by atoms with van der Waals surface area (Å²) in [6.07, 6.45) is -0.195. The molecule has 110 valence electrons. The van der Waals surface area contributed by atoms with Gasteiger partial charge in [-0.1, -0.05) is 31.5 Å². The number of carbonyl (C=O) groups excluding carboxylic acids is 2. The molecular weight excluding hydrogens is 254 g/mol. The molecule has 1 N–H and O–H groups in total. The van der Waals surface area contributed by atoms with Crippen molar-refractivity contribution < 1.29 is 14.3 Å². The van der Waals surface area contributed by atoms with Crippen LogP contribution in [0.5, 0.6) is 0 Å². The van der Waals surface area contributed by atoms with E-state index in [0.29, 0.717) is 5.56 Å². The fraction of sp³-hybridized carbons (Fsp3) is 0.500. The topological polar surface area (TPSA) is 55.4 Å². The Hall–Kier alpha value is -1.84. The van der Waals surface area contributed by atoms with E-state index < -0.39 is 12.0 Å². The van der Waals surface area contributed by atoms with E-state index in [1.807, 2.05) is 32.9 Å². The van der Waals surface area contributed by atoms with Gasteiger partial charge in [0.2, 0.25) is 0 Å². The number of rotatable bonds is 5. The molecule has 0 heterocycles. The van der Waals surface area contributed by atoms with Gasteiger partial charge >= 0.3 is 5.97 Å². The summed E-state index contributed by atoms with van der Waals surface area (Å²) in [5, 5.41) is 2.75. The highest BCUT2D eigenvalue weighted by atomic mass is 16.5. The van der Waals surface area contributed by atoms with Crippen LogP contribution in [0.1, 0.15) is 43.6 Å². The van der Waals surface area contributed by atoms with Gasteiger partial charge in [-0.3, -0.25) is 4.79 Å². The minimum atomic E-state index is -0.634. The van der Waals surface area contributed by atoms with Crippen molar-refractivity contribution in [3.63, 3.8) is 0 Å². The molecule has 1 aromatic rings. The van der Waals surface area contributed by atoms with Crippen molar-refractivity contribution in [2.45, 2.75) is 46.8 Å². The quantitative estimate of drug-likeness (QED) is 0.842. The van der Waals surface area contributed by atoms with Crippen LogP contribution < -0.4 is 5.32 Å². The third-order valence-corrected chi connectivity index (χ3v) is 2.84. The third kappa shape index (κ3) is 4.68. The number of amides is 1. The fourth-order valence-corrected chi connectivity index (χ4v) is 1.81. The van der Waals surface area contributed by atoms with Crippen LogP contribution in [0.25, 0.3) is 0 Å². The second kappa shape index (κ2) is 7.08. The zero-order valence-corrected chi connectivity index (χ0v) is 12.8. The second-order valence-corrected chi connectivity index (χ2v) is 5.55. The second-order valence-electron chi connectivity index (χ2n) is 5.55. The van der Waals surface area contributed by atoms with Crippen molar-refractivity contribution in [1.82, 2.24) is 5.32 Å². The summed E-state index contributed by atoms with van der Waals surface area (Å²) in [5.41, 5.74) is 1.55. The van der Waals surface area contributed by atoms with E-state index in [1.54, 1.807) is 26.0 Å². The Kier molecular flexibility index (Phi) is 5.74. The van der Waals surface area contributed by atoms with Gasteiger partial charge in [0.15, 0.2) is 0 Å². The molecular formula is C16H23NO3. The van der Waals surface area contributed by atoms with Crippen molar-refractivity contribution in [3.8, 4) is 0 Å². The Bertz CT molecular complexity index is 480. The molecule has 0 aromatic heterocycles. The molecule has 0 spiro atoms. The van der Waals surface area contributed by atoms with Crippen LogP contribution in [-0.4, -0.2) is 24.0 Å². The first-order valence-electron chi connectivity index (χ1n) is 6.89. The molecule has 1 amide bonds. The highest BCUT2D eigenvalue weighted by Gasteiger charge is 2.26. The number of carbonyl (C=O) groups is 2. The summed E-state index contributed by atoms with van der Waals surface area (Å²) in [6.45, 7) is 9.25. The first-order valence-corrected chi connectivity index (χ1v) is 6.89. The van der Waals surface area contributed by atoms with E-state index in [-0.39, 0.29) is 17.9 Å². The number of benzene rings is 1. The lowest BCUT2D eigenvalue weighted by Crippen LogP contribution is -2.46. The molecule has 0 unspecified atom stereocenters. The van der Waals surface area contributed by atoms with Crippen molar-refractivity contribution in [3.05, 3.63) is 35.4 Å². The largest absolute Gasteiger partial charge is 0.461 e. The van der Waals surface area contributed by atoms with Gasteiger partial charge in [-0.05, 0) is 38.8 Å². The van der Waals surface area contributed by atoms with Gasteiger partial charge in [0.1, 0.15) is 6.04 Å². The van der Waals surface area contributed by atoms with Gasteiger partial charge < -0.3 is 10.1 Å². The number of esters is 1. The van der Waals surface area contributed by atoms with E-state index in [0.717, 1.165) is 5.56 Å². The highest BCUT2D eigenvalue weighted by Crippen LogP contribution is 2.09. The van der Waals surface area contributed by atoms with E-state index in [4.69, 9.17) is 4.74 Å². The smallest absolute Gasteiger partial charge is 0.329 e. The lowest BCUT2D eigenvalue weighted by molar-refractivity contribution is -0.150. The summed E-state index contributed by atoms with van der Waals surface area (Å²) in [7, 11) is 0. The maximum atomic E-state index is 12.2. The molecule has 0 aliphatic rings. The predicted octanol–water partition coefficient (Wildman–Crippen LogP) is 2.70. The molecule has 0 fully saturated rings. The van der Waals surface area contributed by atoms with Crippen LogP contribution in [0.4, 0.5) is 0 Å². The van der Waals surface area contributed by atoms with Gasteiger partial charge in [-0.25, -0.2) is 4.79 Å². The van der Waals surface area contributed by atoms with Gasteiger partial charge in [-0.2, -0.15) is 0 Å². The molecule has 0 bridgehead atoms. The Labute approximate surface area is 120 Å². The van der Waals surface area contributed by atoms with Crippen molar-refractivity contribution in [1.29, 1.82) is 0 Å². The van der Waals surface area contributed by atoms with Crippen LogP contribution in [0.2, 0.25) is 0 Å². The molecule has 0 aliphatic heterocycles. The molecule has 0 saturated carbocycles. The first kappa shape index (κ1) is 16.2. The maximum absolute atomic E-state index is 12.2. The Balaban J connectivity index is 2.80. The standard InChI is InChI=1S/C16H23NO3/c1-10(2)14(16(19)20-11(3)4)17-15(18)13-8-6-7-12(5)9-13/h6-11,14H,1-5H3,(H,17,18)/t14-/m0/s1. The average Bonchev–Trinajstić information content (AvgIpc) is 2.34. The molecule has 1 aromatic carbocycles. The van der Waals surface area contributed by atoms with Gasteiger partial charge in [0, 0.05) is 5.56 Å². The maximum Gasteiger partial charge on any atom is 0.329 e. The molecule has 1 atom stereocenters. The first-order chi connectivity index (χ1) is 9.31. The molecule has 0 saturated heterocycles. The van der Waals surface area contributed by atoms with Crippen molar-refractivity contribution in [2.24, 2.45) is 5.92 Å². The number of aryl methyl sites for hydroxylation is 1.